The van der Waals surface area contributed by atoms with E-state index in [1.54, 1.807) is 0 Å². The van der Waals surface area contributed by atoms with Crippen molar-refractivity contribution in [3.8, 4) is 0 Å². The minimum Gasteiger partial charge on any atom is -0.374 e. The first-order chi connectivity index (χ1) is 8.16. The largest absolute Gasteiger partial charge is 0.374 e. The molecule has 0 spiro atoms. The fraction of sp³-hybridized carbons (Fsp3) is 0.583. The van der Waals surface area contributed by atoms with Crippen molar-refractivity contribution in [1.82, 2.24) is 10.3 Å². The summed E-state index contributed by atoms with van der Waals surface area (Å²) in [7, 11) is 2.04. The third kappa shape index (κ3) is 3.40. The molecule has 4 nitrogen and oxygen atoms in total. The fourth-order valence-corrected chi connectivity index (χ4v) is 2.70. The first-order valence-electron chi connectivity index (χ1n) is 5.82. The Morgan fingerprint density at radius 1 is 1.65 bits per heavy atom. The van der Waals surface area contributed by atoms with Gasteiger partial charge in [-0.2, -0.15) is 0 Å². The lowest BCUT2D eigenvalue weighted by Gasteiger charge is -2.29. The van der Waals surface area contributed by atoms with Gasteiger partial charge in [-0.05, 0) is 34.5 Å². The maximum atomic E-state index is 5.69. The lowest BCUT2D eigenvalue weighted by atomic mass is 10.2. The van der Waals surface area contributed by atoms with E-state index in [2.05, 4.69) is 37.2 Å². The number of nitrogens with one attached hydrogen (secondary N) is 1. The van der Waals surface area contributed by atoms with E-state index in [-0.39, 0.29) is 6.10 Å². The predicted octanol–water partition coefficient (Wildman–Crippen LogP) is 1.58. The maximum Gasteiger partial charge on any atom is 0.142 e. The number of nitrogens with zero attached hydrogens (tertiary/aromatic N) is 2. The fourth-order valence-electron chi connectivity index (χ4n) is 1.94. The summed E-state index contributed by atoms with van der Waals surface area (Å²) in [5, 5.41) is 3.33. The first kappa shape index (κ1) is 12.8. The molecule has 0 radical (unpaired) electrons. The van der Waals surface area contributed by atoms with Crippen LogP contribution in [0.3, 0.4) is 0 Å². The minimum absolute atomic E-state index is 0.240. The van der Waals surface area contributed by atoms with Crippen LogP contribution in [0, 0.1) is 6.92 Å². The number of aromatic nitrogens is 1. The van der Waals surface area contributed by atoms with Gasteiger partial charge in [0.2, 0.25) is 0 Å². The summed E-state index contributed by atoms with van der Waals surface area (Å²) in [6, 6.07) is 2.08. The Bertz CT molecular complexity index is 380. The molecular weight excluding hydrogens is 282 g/mol. The summed E-state index contributed by atoms with van der Waals surface area (Å²) < 4.78 is 6.72. The Labute approximate surface area is 110 Å². The van der Waals surface area contributed by atoms with Crippen molar-refractivity contribution in [3.05, 3.63) is 22.3 Å². The van der Waals surface area contributed by atoms with E-state index in [1.165, 1.54) is 0 Å². The van der Waals surface area contributed by atoms with Gasteiger partial charge in [0.25, 0.3) is 0 Å². The molecule has 1 saturated heterocycles. The number of hydrogen-bond donors (Lipinski definition) is 1. The Morgan fingerprint density at radius 2 is 2.47 bits per heavy atom. The second-order valence-electron chi connectivity index (χ2n) is 4.40. The summed E-state index contributed by atoms with van der Waals surface area (Å²) in [6.07, 6.45) is 2.13. The molecule has 0 aliphatic carbocycles. The van der Waals surface area contributed by atoms with E-state index in [1.807, 2.05) is 20.2 Å². The number of rotatable bonds is 3. The first-order valence-corrected chi connectivity index (χ1v) is 6.61. The zero-order valence-electron chi connectivity index (χ0n) is 10.2. The summed E-state index contributed by atoms with van der Waals surface area (Å²) in [5.74, 6) is 0.963. The van der Waals surface area contributed by atoms with Crippen LogP contribution < -0.4 is 10.2 Å². The molecule has 1 aliphatic heterocycles. The summed E-state index contributed by atoms with van der Waals surface area (Å²) in [4.78, 5) is 6.57. The number of halogens is 1. The monoisotopic (exact) mass is 299 g/mol. The van der Waals surface area contributed by atoms with Crippen molar-refractivity contribution < 1.29 is 4.74 Å². The Kier molecular flexibility index (Phi) is 4.36. The van der Waals surface area contributed by atoms with Gasteiger partial charge in [0.1, 0.15) is 5.82 Å². The third-order valence-electron chi connectivity index (χ3n) is 2.80. The molecule has 1 aromatic rings. The van der Waals surface area contributed by atoms with Gasteiger partial charge in [0, 0.05) is 32.9 Å². The van der Waals surface area contributed by atoms with Crippen LogP contribution in [-0.4, -0.2) is 44.4 Å². The molecule has 0 amide bonds. The molecule has 1 atom stereocenters. The maximum absolute atomic E-state index is 5.69. The van der Waals surface area contributed by atoms with Gasteiger partial charge in [-0.1, -0.05) is 0 Å². The third-order valence-corrected chi connectivity index (χ3v) is 3.39. The van der Waals surface area contributed by atoms with E-state index < -0.39 is 0 Å². The van der Waals surface area contributed by atoms with Crippen LogP contribution >= 0.6 is 15.9 Å². The highest BCUT2D eigenvalue weighted by atomic mass is 79.9. The van der Waals surface area contributed by atoms with E-state index in [0.29, 0.717) is 0 Å². The Balaban J connectivity index is 2.00. The van der Waals surface area contributed by atoms with Crippen LogP contribution in [0.1, 0.15) is 5.56 Å². The molecule has 0 bridgehead atoms. The lowest BCUT2D eigenvalue weighted by molar-refractivity contribution is 0.0339. The number of pyridine rings is 1. The van der Waals surface area contributed by atoms with E-state index in [0.717, 1.165) is 42.1 Å². The average molecular weight is 300 g/mol. The highest BCUT2D eigenvalue weighted by molar-refractivity contribution is 9.10. The van der Waals surface area contributed by atoms with Crippen LogP contribution in [0.2, 0.25) is 0 Å². The second kappa shape index (κ2) is 5.80. The molecule has 1 aliphatic rings. The summed E-state index contributed by atoms with van der Waals surface area (Å²) in [5.41, 5.74) is 1.16. The topological polar surface area (TPSA) is 37.4 Å². The van der Waals surface area contributed by atoms with Crippen molar-refractivity contribution in [3.63, 3.8) is 0 Å². The van der Waals surface area contributed by atoms with Gasteiger partial charge in [-0.3, -0.25) is 0 Å². The number of ether oxygens (including phenoxy) is 1. The van der Waals surface area contributed by atoms with E-state index >= 15 is 0 Å². The average Bonchev–Trinajstić information content (AvgIpc) is 2.30. The molecular formula is C12H18BrN3O. The highest BCUT2D eigenvalue weighted by Gasteiger charge is 2.17. The molecule has 1 unspecified atom stereocenters. The normalized spacial score (nSPS) is 20.3. The summed E-state index contributed by atoms with van der Waals surface area (Å²) >= 11 is 3.55. The molecule has 5 heteroatoms. The highest BCUT2D eigenvalue weighted by Crippen LogP contribution is 2.23. The second-order valence-corrected chi connectivity index (χ2v) is 5.25. The standard InChI is InChI=1S/C12H18BrN3O/c1-9-5-11(13)12(15-6-9)16(2)8-10-7-14-3-4-17-10/h5-6,10,14H,3-4,7-8H2,1-2H3. The number of aryl methyl sites for hydroxylation is 1. The van der Waals surface area contributed by atoms with Gasteiger partial charge in [0.05, 0.1) is 17.2 Å². The van der Waals surface area contributed by atoms with Crippen LogP contribution in [0.5, 0.6) is 0 Å². The van der Waals surface area contributed by atoms with E-state index in [9.17, 15) is 0 Å². The van der Waals surface area contributed by atoms with Gasteiger partial charge in [0.15, 0.2) is 0 Å². The quantitative estimate of drug-likeness (QED) is 0.919. The molecule has 0 aromatic carbocycles. The molecule has 0 saturated carbocycles. The predicted molar refractivity (Wildman–Crippen MR) is 72.6 cm³/mol. The number of anilines is 1. The lowest BCUT2D eigenvalue weighted by Crippen LogP contribution is -2.44. The summed E-state index contributed by atoms with van der Waals surface area (Å²) in [6.45, 7) is 5.54. The van der Waals surface area contributed by atoms with Crippen molar-refractivity contribution in [2.75, 3.05) is 38.2 Å². The zero-order valence-corrected chi connectivity index (χ0v) is 11.8. The van der Waals surface area contributed by atoms with Crippen molar-refractivity contribution >= 4 is 21.7 Å². The number of likely N-dealkylation sites (N-methyl/N-ethyl adjacent to an activating group) is 1. The van der Waals surface area contributed by atoms with Crippen molar-refractivity contribution in [2.24, 2.45) is 0 Å². The molecule has 1 N–H and O–H groups in total. The van der Waals surface area contributed by atoms with Gasteiger partial charge in [-0.25, -0.2) is 4.98 Å². The van der Waals surface area contributed by atoms with Crippen molar-refractivity contribution in [2.45, 2.75) is 13.0 Å². The SMILES string of the molecule is Cc1cnc(N(C)CC2CNCCO2)c(Br)c1. The number of morpholine rings is 1. The smallest absolute Gasteiger partial charge is 0.142 e. The van der Waals surface area contributed by atoms with Crippen LogP contribution in [-0.2, 0) is 4.74 Å². The molecule has 1 aromatic heterocycles. The molecule has 17 heavy (non-hydrogen) atoms. The van der Waals surface area contributed by atoms with Gasteiger partial charge >= 0.3 is 0 Å². The molecule has 94 valence electrons. The Hall–Kier alpha value is -0.650. The zero-order chi connectivity index (χ0) is 12.3. The van der Waals surface area contributed by atoms with Crippen LogP contribution in [0.15, 0.2) is 16.7 Å². The van der Waals surface area contributed by atoms with E-state index in [4.69, 9.17) is 4.74 Å². The van der Waals surface area contributed by atoms with Gasteiger partial charge in [-0.15, -0.1) is 0 Å². The van der Waals surface area contributed by atoms with Gasteiger partial charge < -0.3 is 15.0 Å². The van der Waals surface area contributed by atoms with Crippen LogP contribution in [0.4, 0.5) is 5.82 Å². The number of hydrogen-bond acceptors (Lipinski definition) is 4. The van der Waals surface area contributed by atoms with Crippen molar-refractivity contribution in [1.29, 1.82) is 0 Å². The van der Waals surface area contributed by atoms with Crippen LogP contribution in [0.25, 0.3) is 0 Å². The Morgan fingerprint density at radius 3 is 3.12 bits per heavy atom. The minimum atomic E-state index is 0.240. The molecule has 2 rings (SSSR count). The molecule has 2 heterocycles. The molecule has 1 fully saturated rings.